The lowest BCUT2D eigenvalue weighted by Gasteiger charge is -2.29. The molecular weight excluding hydrogens is 474 g/mol. The molecule has 4 rings (SSSR count). The first kappa shape index (κ1) is 23.4. The summed E-state index contributed by atoms with van der Waals surface area (Å²) < 4.78 is 34.9. The quantitative estimate of drug-likeness (QED) is 0.378. The zero-order valence-corrected chi connectivity index (χ0v) is 19.9. The first-order valence-corrected chi connectivity index (χ1v) is 12.1. The molecule has 4 aromatic rings. The van der Waals surface area contributed by atoms with E-state index < -0.39 is 21.5 Å². The lowest BCUT2D eigenvalue weighted by atomic mass is 9.84. The summed E-state index contributed by atoms with van der Waals surface area (Å²) in [6, 6.07) is 18.8. The molecule has 8 nitrogen and oxygen atoms in total. The Morgan fingerprint density at radius 2 is 1.71 bits per heavy atom. The van der Waals surface area contributed by atoms with Crippen LogP contribution in [0.15, 0.2) is 78.0 Å². The highest BCUT2D eigenvalue weighted by atomic mass is 35.5. The van der Waals surface area contributed by atoms with Crippen LogP contribution in [0.3, 0.4) is 0 Å². The highest BCUT2D eigenvalue weighted by molar-refractivity contribution is 7.92. The van der Waals surface area contributed by atoms with Gasteiger partial charge in [-0.25, -0.2) is 18.4 Å². The van der Waals surface area contributed by atoms with E-state index in [-0.39, 0.29) is 21.6 Å². The van der Waals surface area contributed by atoms with Gasteiger partial charge in [0, 0.05) is 18.0 Å². The largest absolute Gasteiger partial charge is 0.465 e. The van der Waals surface area contributed by atoms with Gasteiger partial charge in [-0.05, 0) is 44.2 Å². The van der Waals surface area contributed by atoms with E-state index in [2.05, 4.69) is 25.7 Å². The number of aromatic nitrogens is 3. The van der Waals surface area contributed by atoms with Gasteiger partial charge in [-0.3, -0.25) is 9.71 Å². The number of nitrogens with one attached hydrogen (secondary N) is 1. The van der Waals surface area contributed by atoms with E-state index in [9.17, 15) is 13.7 Å². The van der Waals surface area contributed by atoms with Gasteiger partial charge in [0.15, 0.2) is 0 Å². The molecule has 0 bridgehead atoms. The maximum atomic E-state index is 13.1. The second-order valence-corrected chi connectivity index (χ2v) is 10.1. The second-order valence-electron chi connectivity index (χ2n) is 8.02. The molecule has 0 amide bonds. The molecule has 0 aliphatic carbocycles. The molecule has 0 aliphatic rings. The number of fused-ring (bicyclic) bond motifs is 1. The molecule has 1 atom stereocenters. The Balaban J connectivity index is 1.84. The monoisotopic (exact) mass is 493 g/mol. The molecule has 2 heterocycles. The first-order valence-electron chi connectivity index (χ1n) is 10.2. The molecule has 0 aliphatic heterocycles. The smallest absolute Gasteiger partial charge is 0.264 e. The fourth-order valence-electron chi connectivity index (χ4n) is 3.31. The second kappa shape index (κ2) is 9.25. The van der Waals surface area contributed by atoms with Crippen LogP contribution in [0, 0.1) is 16.7 Å². The van der Waals surface area contributed by atoms with Gasteiger partial charge < -0.3 is 4.74 Å². The number of sulfonamides is 1. The molecule has 172 valence electrons. The molecule has 0 saturated heterocycles. The van der Waals surface area contributed by atoms with Gasteiger partial charge in [0.1, 0.15) is 11.0 Å². The van der Waals surface area contributed by atoms with Crippen molar-refractivity contribution in [2.45, 2.75) is 24.8 Å². The average Bonchev–Trinajstić information content (AvgIpc) is 2.83. The van der Waals surface area contributed by atoms with Gasteiger partial charge >= 0.3 is 0 Å². The van der Waals surface area contributed by atoms with Gasteiger partial charge in [0.2, 0.25) is 5.82 Å². The minimum atomic E-state index is -4.12. The molecule has 0 saturated carbocycles. The van der Waals surface area contributed by atoms with Gasteiger partial charge in [-0.1, -0.05) is 41.9 Å². The number of halogens is 1. The van der Waals surface area contributed by atoms with E-state index >= 15 is 0 Å². The molecular formula is C24H20ClN5O3S. The summed E-state index contributed by atoms with van der Waals surface area (Å²) in [6.07, 6.45) is 2.38. The number of hydrogen-bond acceptors (Lipinski definition) is 7. The van der Waals surface area contributed by atoms with Gasteiger partial charge in [0.05, 0.1) is 27.5 Å². The summed E-state index contributed by atoms with van der Waals surface area (Å²) in [7, 11) is -4.12. The Labute approximate surface area is 202 Å². The molecule has 0 fully saturated rings. The van der Waals surface area contributed by atoms with Gasteiger partial charge in [0.25, 0.3) is 15.9 Å². The van der Waals surface area contributed by atoms with Crippen molar-refractivity contribution in [1.82, 2.24) is 15.0 Å². The van der Waals surface area contributed by atoms with Crippen molar-refractivity contribution in [3.63, 3.8) is 0 Å². The van der Waals surface area contributed by atoms with Gasteiger partial charge in [-0.15, -0.1) is 0 Å². The number of ether oxygens (including phenoxy) is 1. The number of anilines is 1. The van der Waals surface area contributed by atoms with E-state index in [0.717, 1.165) is 0 Å². The minimum Gasteiger partial charge on any atom is -0.465 e. The Morgan fingerprint density at radius 1 is 1.03 bits per heavy atom. The summed E-state index contributed by atoms with van der Waals surface area (Å²) in [5.74, 6) is -0.201. The number of nitrogens with zero attached hydrogens (tertiary/aromatic N) is 4. The molecule has 34 heavy (non-hydrogen) atoms. The number of pyridine rings is 1. The molecule has 0 radical (unpaired) electrons. The molecule has 2 aromatic heterocycles. The summed E-state index contributed by atoms with van der Waals surface area (Å²) in [6.45, 7) is 3.43. The maximum absolute atomic E-state index is 13.1. The van der Waals surface area contributed by atoms with Crippen molar-refractivity contribution >= 4 is 38.5 Å². The van der Waals surface area contributed by atoms with Crippen LogP contribution in [-0.2, 0) is 10.0 Å². The van der Waals surface area contributed by atoms with E-state index in [1.807, 2.05) is 0 Å². The van der Waals surface area contributed by atoms with Crippen LogP contribution in [0.4, 0.5) is 5.82 Å². The van der Waals surface area contributed by atoms with E-state index in [4.69, 9.17) is 16.3 Å². The average molecular weight is 494 g/mol. The van der Waals surface area contributed by atoms with E-state index in [1.54, 1.807) is 74.8 Å². The normalized spacial score (nSPS) is 12.6. The lowest BCUT2D eigenvalue weighted by molar-refractivity contribution is 0.107. The number of rotatable bonds is 7. The predicted octanol–water partition coefficient (Wildman–Crippen LogP) is 5.15. The van der Waals surface area contributed by atoms with Crippen molar-refractivity contribution < 1.29 is 13.2 Å². The lowest BCUT2D eigenvalue weighted by Crippen LogP contribution is -2.27. The highest BCUT2D eigenvalue weighted by Crippen LogP contribution is 2.39. The SMILES string of the molecule is CC(C)(C#N)C(Oc1nc2ccccc2nc1NS(=O)(=O)c1ccccc1Cl)c1cccnc1. The zero-order valence-electron chi connectivity index (χ0n) is 18.3. The maximum Gasteiger partial charge on any atom is 0.264 e. The van der Waals surface area contributed by atoms with E-state index in [0.29, 0.717) is 16.6 Å². The summed E-state index contributed by atoms with van der Waals surface area (Å²) in [5.41, 5.74) is 0.584. The van der Waals surface area contributed by atoms with E-state index in [1.165, 1.54) is 12.1 Å². The van der Waals surface area contributed by atoms with Crippen molar-refractivity contribution in [3.8, 4) is 11.9 Å². The Hall–Kier alpha value is -3.74. The third-order valence-corrected chi connectivity index (χ3v) is 6.89. The van der Waals surface area contributed by atoms with Crippen molar-refractivity contribution in [1.29, 1.82) is 5.26 Å². The number of benzene rings is 2. The first-order chi connectivity index (χ1) is 16.2. The molecule has 1 N–H and O–H groups in total. The third kappa shape index (κ3) is 4.78. The minimum absolute atomic E-state index is 0.0602. The van der Waals surface area contributed by atoms with Crippen LogP contribution in [0.2, 0.25) is 5.02 Å². The number of para-hydroxylation sites is 2. The number of hydrogen-bond donors (Lipinski definition) is 1. The molecule has 2 aromatic carbocycles. The fraction of sp³-hybridized carbons (Fsp3) is 0.167. The highest BCUT2D eigenvalue weighted by Gasteiger charge is 2.35. The number of nitriles is 1. The van der Waals surface area contributed by atoms with Crippen LogP contribution in [0.25, 0.3) is 11.0 Å². The van der Waals surface area contributed by atoms with Crippen molar-refractivity contribution in [3.05, 3.63) is 83.6 Å². The fourth-order valence-corrected chi connectivity index (χ4v) is 4.83. The van der Waals surface area contributed by atoms with Crippen LogP contribution in [0.1, 0.15) is 25.5 Å². The molecule has 10 heteroatoms. The Bertz CT molecular complexity index is 1490. The summed E-state index contributed by atoms with van der Waals surface area (Å²) in [4.78, 5) is 13.0. The topological polar surface area (TPSA) is 118 Å². The summed E-state index contributed by atoms with van der Waals surface area (Å²) >= 11 is 6.12. The molecule has 0 spiro atoms. The third-order valence-electron chi connectivity index (χ3n) is 5.06. The van der Waals surface area contributed by atoms with Crippen LogP contribution >= 0.6 is 11.6 Å². The standard InChI is InChI=1S/C24H20ClN5O3S/c1-24(2,15-26)21(16-8-7-13-27-14-16)33-23-22(28-18-10-4-5-11-19(18)29-23)30-34(31,32)20-12-6-3-9-17(20)25/h3-14,21H,1-2H3,(H,28,30). The summed E-state index contributed by atoms with van der Waals surface area (Å²) in [5, 5.41) is 9.86. The van der Waals surface area contributed by atoms with Crippen molar-refractivity contribution in [2.24, 2.45) is 5.41 Å². The Kier molecular flexibility index (Phi) is 6.37. The van der Waals surface area contributed by atoms with Crippen LogP contribution < -0.4 is 9.46 Å². The predicted molar refractivity (Wildman–Crippen MR) is 129 cm³/mol. The van der Waals surface area contributed by atoms with Gasteiger partial charge in [-0.2, -0.15) is 5.26 Å². The van der Waals surface area contributed by atoms with Crippen molar-refractivity contribution in [2.75, 3.05) is 4.72 Å². The Morgan fingerprint density at radius 3 is 2.35 bits per heavy atom. The van der Waals surface area contributed by atoms with Crippen LogP contribution in [-0.4, -0.2) is 23.4 Å². The van der Waals surface area contributed by atoms with Crippen LogP contribution in [0.5, 0.6) is 5.88 Å². The molecule has 1 unspecified atom stereocenters. The zero-order chi connectivity index (χ0) is 24.3.